The lowest BCUT2D eigenvalue weighted by molar-refractivity contribution is 0.262. The van der Waals surface area contributed by atoms with Gasteiger partial charge in [0, 0.05) is 10.9 Å². The van der Waals surface area contributed by atoms with Gasteiger partial charge in [-0.15, -0.1) is 10.2 Å². The lowest BCUT2D eigenvalue weighted by Crippen LogP contribution is -2.23. The first-order valence-electron chi connectivity index (χ1n) is 7.69. The highest BCUT2D eigenvalue weighted by Gasteiger charge is 2.12. The first-order chi connectivity index (χ1) is 12.7. The first kappa shape index (κ1) is 16.0. The Morgan fingerprint density at radius 1 is 0.962 bits per heavy atom. The lowest BCUT2D eigenvalue weighted by atomic mass is 10.2. The zero-order valence-electron chi connectivity index (χ0n) is 13.3. The topological polar surface area (TPSA) is 97.1 Å². The molecule has 0 spiro atoms. The molecule has 2 aromatic carbocycles. The summed E-state index contributed by atoms with van der Waals surface area (Å²) >= 11 is 1.24. The summed E-state index contributed by atoms with van der Waals surface area (Å²) in [4.78, 5) is 24.1. The average molecular weight is 364 g/mol. The van der Waals surface area contributed by atoms with Crippen LogP contribution in [0, 0.1) is 0 Å². The van der Waals surface area contributed by atoms with E-state index < -0.39 is 11.7 Å². The molecule has 0 aliphatic carbocycles. The molecule has 2 amide bonds. The van der Waals surface area contributed by atoms with Crippen LogP contribution >= 0.6 is 11.3 Å². The van der Waals surface area contributed by atoms with Crippen LogP contribution in [0.1, 0.15) is 0 Å². The van der Waals surface area contributed by atoms with E-state index in [1.807, 2.05) is 36.4 Å². The fourth-order valence-electron chi connectivity index (χ4n) is 2.37. The Bertz CT molecular complexity index is 1140. The zero-order valence-corrected chi connectivity index (χ0v) is 14.1. The minimum absolute atomic E-state index is 0.0500. The number of benzene rings is 2. The number of nitrogens with one attached hydrogen (secondary N) is 2. The maximum Gasteiger partial charge on any atom is 0.360 e. The van der Waals surface area contributed by atoms with Crippen LogP contribution in [0.25, 0.3) is 21.5 Å². The molecular weight excluding hydrogens is 352 g/mol. The van der Waals surface area contributed by atoms with E-state index in [2.05, 4.69) is 20.8 Å². The maximum absolute atomic E-state index is 12.2. The van der Waals surface area contributed by atoms with Crippen LogP contribution in [0.4, 0.5) is 15.6 Å². The van der Waals surface area contributed by atoms with E-state index >= 15 is 0 Å². The number of para-hydroxylation sites is 1. The third kappa shape index (κ3) is 3.31. The molecule has 0 fully saturated rings. The minimum atomic E-state index is -0.624. The van der Waals surface area contributed by atoms with Crippen molar-refractivity contribution in [3.63, 3.8) is 0 Å². The number of carbonyl (C=O) groups is 1. The molecule has 0 atom stereocenters. The normalized spacial score (nSPS) is 10.6. The van der Waals surface area contributed by atoms with Crippen LogP contribution < -0.4 is 16.3 Å². The van der Waals surface area contributed by atoms with Gasteiger partial charge in [-0.3, -0.25) is 5.32 Å². The summed E-state index contributed by atoms with van der Waals surface area (Å²) < 4.78 is 5.18. The molecule has 2 aromatic heterocycles. The molecule has 2 N–H and O–H groups in total. The highest BCUT2D eigenvalue weighted by molar-refractivity contribution is 7.18. The van der Waals surface area contributed by atoms with Gasteiger partial charge in [-0.1, -0.05) is 59.9 Å². The van der Waals surface area contributed by atoms with Crippen LogP contribution in [0.5, 0.6) is 0 Å². The number of hydrogen-bond acceptors (Lipinski definition) is 6. The van der Waals surface area contributed by atoms with Crippen molar-refractivity contribution in [3.8, 4) is 10.6 Å². The molecule has 8 heteroatoms. The van der Waals surface area contributed by atoms with Crippen LogP contribution in [0.3, 0.4) is 0 Å². The molecule has 4 rings (SSSR count). The van der Waals surface area contributed by atoms with E-state index in [9.17, 15) is 9.59 Å². The second-order valence-corrected chi connectivity index (χ2v) is 6.32. The quantitative estimate of drug-likeness (QED) is 0.536. The number of urea groups is 1. The molecule has 0 radical (unpaired) electrons. The Morgan fingerprint density at radius 3 is 2.58 bits per heavy atom. The van der Waals surface area contributed by atoms with E-state index in [0.717, 1.165) is 5.56 Å². The molecular formula is C18H12N4O3S. The fraction of sp³-hybridized carbons (Fsp3) is 0. The Labute approximate surface area is 151 Å². The van der Waals surface area contributed by atoms with Gasteiger partial charge in [0.25, 0.3) is 0 Å². The van der Waals surface area contributed by atoms with Gasteiger partial charge in [-0.05, 0) is 12.1 Å². The Hall–Kier alpha value is -3.52. The number of hydrogen-bond donors (Lipinski definition) is 2. The monoisotopic (exact) mass is 364 g/mol. The Kier molecular flexibility index (Phi) is 4.16. The van der Waals surface area contributed by atoms with E-state index in [4.69, 9.17) is 4.42 Å². The Morgan fingerprint density at radius 2 is 1.73 bits per heavy atom. The lowest BCUT2D eigenvalue weighted by Gasteiger charge is -2.04. The third-order valence-electron chi connectivity index (χ3n) is 3.56. The van der Waals surface area contributed by atoms with Crippen molar-refractivity contribution < 1.29 is 9.21 Å². The standard InChI is InChI=1S/C18H12N4O3S/c23-16-13(10-12-8-4-5-9-14(12)25-16)19-17(24)20-18-22-21-15(26-18)11-6-2-1-3-7-11/h1-10H,(H2,19,20,22,24). The molecule has 0 saturated carbocycles. The Balaban J connectivity index is 1.50. The third-order valence-corrected chi connectivity index (χ3v) is 4.44. The van der Waals surface area contributed by atoms with Crippen molar-refractivity contribution in [2.24, 2.45) is 0 Å². The van der Waals surface area contributed by atoms with Crippen molar-refractivity contribution in [1.82, 2.24) is 10.2 Å². The summed E-state index contributed by atoms with van der Waals surface area (Å²) in [5.41, 5.74) is 0.795. The summed E-state index contributed by atoms with van der Waals surface area (Å²) in [6.07, 6.45) is 0. The molecule has 0 bridgehead atoms. The second-order valence-electron chi connectivity index (χ2n) is 5.34. The SMILES string of the molecule is O=C(Nc1nnc(-c2ccccc2)s1)Nc1cc2ccccc2oc1=O. The van der Waals surface area contributed by atoms with Crippen LogP contribution in [-0.2, 0) is 0 Å². The fourth-order valence-corrected chi connectivity index (χ4v) is 3.12. The number of nitrogens with zero attached hydrogens (tertiary/aromatic N) is 2. The van der Waals surface area contributed by atoms with Crippen LogP contribution in [0.15, 0.2) is 69.9 Å². The summed E-state index contributed by atoms with van der Waals surface area (Å²) in [6, 6.07) is 17.6. The van der Waals surface area contributed by atoms with Gasteiger partial charge < -0.3 is 9.73 Å². The predicted octanol–water partition coefficient (Wildman–Crippen LogP) is 3.96. The first-order valence-corrected chi connectivity index (χ1v) is 8.50. The molecule has 0 aliphatic rings. The molecule has 0 unspecified atom stereocenters. The summed E-state index contributed by atoms with van der Waals surface area (Å²) in [7, 11) is 0. The number of fused-ring (bicyclic) bond motifs is 1. The summed E-state index contributed by atoms with van der Waals surface area (Å²) in [6.45, 7) is 0. The van der Waals surface area contributed by atoms with Crippen LogP contribution in [0.2, 0.25) is 0 Å². The van der Waals surface area contributed by atoms with Gasteiger partial charge >= 0.3 is 11.7 Å². The van der Waals surface area contributed by atoms with Gasteiger partial charge in [0.1, 0.15) is 16.3 Å². The predicted molar refractivity (Wildman–Crippen MR) is 100 cm³/mol. The highest BCUT2D eigenvalue weighted by atomic mass is 32.1. The van der Waals surface area contributed by atoms with Gasteiger partial charge in [0.2, 0.25) is 5.13 Å². The second kappa shape index (κ2) is 6.77. The molecule has 26 heavy (non-hydrogen) atoms. The zero-order chi connectivity index (χ0) is 17.9. The van der Waals surface area contributed by atoms with Gasteiger partial charge in [0.15, 0.2) is 0 Å². The molecule has 0 saturated heterocycles. The maximum atomic E-state index is 12.2. The molecule has 4 aromatic rings. The molecule has 0 aliphatic heterocycles. The van der Waals surface area contributed by atoms with Crippen molar-refractivity contribution in [2.75, 3.05) is 10.6 Å². The number of rotatable bonds is 3. The van der Waals surface area contributed by atoms with Crippen molar-refractivity contribution in [3.05, 3.63) is 71.1 Å². The number of aromatic nitrogens is 2. The van der Waals surface area contributed by atoms with E-state index in [1.165, 1.54) is 11.3 Å². The summed E-state index contributed by atoms with van der Waals surface area (Å²) in [5, 5.41) is 14.8. The van der Waals surface area contributed by atoms with Crippen molar-refractivity contribution in [2.45, 2.75) is 0 Å². The van der Waals surface area contributed by atoms with E-state index in [0.29, 0.717) is 21.1 Å². The summed E-state index contributed by atoms with van der Waals surface area (Å²) in [5.74, 6) is 0. The highest BCUT2D eigenvalue weighted by Crippen LogP contribution is 2.26. The molecule has 128 valence electrons. The van der Waals surface area contributed by atoms with Gasteiger partial charge in [-0.25, -0.2) is 9.59 Å². The smallest absolute Gasteiger partial charge is 0.360 e. The van der Waals surface area contributed by atoms with E-state index in [1.54, 1.807) is 24.3 Å². The van der Waals surface area contributed by atoms with Crippen molar-refractivity contribution in [1.29, 1.82) is 0 Å². The molecule has 2 heterocycles. The average Bonchev–Trinajstić information content (AvgIpc) is 3.11. The number of amides is 2. The van der Waals surface area contributed by atoms with Crippen molar-refractivity contribution >= 4 is 39.2 Å². The largest absolute Gasteiger partial charge is 0.421 e. The number of anilines is 2. The van der Waals surface area contributed by atoms with Gasteiger partial charge in [-0.2, -0.15) is 0 Å². The van der Waals surface area contributed by atoms with Crippen LogP contribution in [-0.4, -0.2) is 16.2 Å². The molecule has 7 nitrogen and oxygen atoms in total. The van der Waals surface area contributed by atoms with Gasteiger partial charge in [0.05, 0.1) is 0 Å². The number of carbonyl (C=O) groups excluding carboxylic acids is 1. The van der Waals surface area contributed by atoms with E-state index in [-0.39, 0.29) is 5.69 Å². The minimum Gasteiger partial charge on any atom is -0.421 e.